The topological polar surface area (TPSA) is 38.2 Å². The molecular formula is C16H17BrFN3O. The van der Waals surface area contributed by atoms with Crippen molar-refractivity contribution in [3.63, 3.8) is 0 Å². The molecule has 3 rings (SSSR count). The van der Waals surface area contributed by atoms with Crippen LogP contribution in [0.1, 0.15) is 12.5 Å². The van der Waals surface area contributed by atoms with E-state index in [-0.39, 0.29) is 5.82 Å². The fourth-order valence-electron chi connectivity index (χ4n) is 2.33. The number of rotatable bonds is 5. The van der Waals surface area contributed by atoms with E-state index in [1.54, 1.807) is 12.1 Å². The molecule has 0 aliphatic carbocycles. The highest BCUT2D eigenvalue weighted by atomic mass is 79.9. The average Bonchev–Trinajstić information content (AvgIpc) is 2.48. The number of anilines is 1. The van der Waals surface area contributed by atoms with Gasteiger partial charge in [-0.05, 0) is 30.2 Å². The van der Waals surface area contributed by atoms with E-state index in [2.05, 4.69) is 37.7 Å². The van der Waals surface area contributed by atoms with Gasteiger partial charge >= 0.3 is 0 Å². The Labute approximate surface area is 137 Å². The Morgan fingerprint density at radius 2 is 2.05 bits per heavy atom. The molecule has 1 aromatic carbocycles. The summed E-state index contributed by atoms with van der Waals surface area (Å²) >= 11 is 3.23. The molecule has 4 nitrogen and oxygen atoms in total. The summed E-state index contributed by atoms with van der Waals surface area (Å²) in [6.45, 7) is 4.26. The summed E-state index contributed by atoms with van der Waals surface area (Å²) < 4.78 is 19.9. The van der Waals surface area contributed by atoms with E-state index in [1.165, 1.54) is 6.07 Å². The zero-order chi connectivity index (χ0) is 15.5. The first-order chi connectivity index (χ1) is 10.7. The first kappa shape index (κ1) is 15.2. The van der Waals surface area contributed by atoms with E-state index in [1.807, 2.05) is 12.4 Å². The number of ether oxygens (including phenoxy) is 1. The molecule has 0 spiro atoms. The minimum absolute atomic E-state index is 0.296. The lowest BCUT2D eigenvalue weighted by Gasteiger charge is -2.38. The van der Waals surface area contributed by atoms with Gasteiger partial charge in [0.2, 0.25) is 5.95 Å². The van der Waals surface area contributed by atoms with Gasteiger partial charge in [0.15, 0.2) is 11.6 Å². The summed E-state index contributed by atoms with van der Waals surface area (Å²) in [5, 5.41) is 0. The van der Waals surface area contributed by atoms with Crippen LogP contribution in [-0.2, 0) is 6.42 Å². The van der Waals surface area contributed by atoms with Crippen molar-refractivity contribution < 1.29 is 9.13 Å². The molecule has 0 amide bonds. The number of aromatic nitrogens is 2. The average molecular weight is 366 g/mol. The normalized spacial score (nSPS) is 14.8. The van der Waals surface area contributed by atoms with Crippen molar-refractivity contribution in [1.29, 1.82) is 0 Å². The van der Waals surface area contributed by atoms with E-state index in [0.717, 1.165) is 31.0 Å². The van der Waals surface area contributed by atoms with Crippen LogP contribution in [0.5, 0.6) is 5.75 Å². The van der Waals surface area contributed by atoms with Crippen LogP contribution in [-0.4, -0.2) is 29.7 Å². The molecule has 22 heavy (non-hydrogen) atoms. The predicted octanol–water partition coefficient (Wildman–Crippen LogP) is 3.46. The van der Waals surface area contributed by atoms with Crippen molar-refractivity contribution in [2.45, 2.75) is 13.3 Å². The summed E-state index contributed by atoms with van der Waals surface area (Å²) in [5.41, 5.74) is 1.13. The SMILES string of the molecule is CCc1cnc(N2CC(COc3ccc(Br)cc3F)C2)nc1. The van der Waals surface area contributed by atoms with Crippen molar-refractivity contribution in [3.8, 4) is 5.75 Å². The van der Waals surface area contributed by atoms with Crippen LogP contribution < -0.4 is 9.64 Å². The molecule has 0 saturated carbocycles. The first-order valence-corrected chi connectivity index (χ1v) is 8.08. The second-order valence-corrected chi connectivity index (χ2v) is 6.32. The molecule has 2 heterocycles. The number of hydrogen-bond acceptors (Lipinski definition) is 4. The van der Waals surface area contributed by atoms with Gasteiger partial charge in [0.1, 0.15) is 0 Å². The zero-order valence-corrected chi connectivity index (χ0v) is 13.9. The van der Waals surface area contributed by atoms with E-state index >= 15 is 0 Å². The first-order valence-electron chi connectivity index (χ1n) is 7.29. The van der Waals surface area contributed by atoms with E-state index in [0.29, 0.717) is 22.7 Å². The summed E-state index contributed by atoms with van der Waals surface area (Å²) in [6.07, 6.45) is 4.67. The van der Waals surface area contributed by atoms with Gasteiger partial charge in [0.05, 0.1) is 6.61 Å². The highest BCUT2D eigenvalue weighted by molar-refractivity contribution is 9.10. The largest absolute Gasteiger partial charge is 0.490 e. The maximum atomic E-state index is 13.7. The fraction of sp³-hybridized carbons (Fsp3) is 0.375. The van der Waals surface area contributed by atoms with Crippen LogP contribution in [0.4, 0.5) is 10.3 Å². The third-order valence-electron chi connectivity index (χ3n) is 3.71. The molecule has 0 N–H and O–H groups in total. The number of halogens is 2. The molecule has 0 atom stereocenters. The van der Waals surface area contributed by atoms with Crippen LogP contribution in [0, 0.1) is 11.7 Å². The second kappa shape index (κ2) is 6.60. The molecule has 6 heteroatoms. The lowest BCUT2D eigenvalue weighted by molar-refractivity contribution is 0.212. The molecule has 1 aromatic heterocycles. The minimum atomic E-state index is -0.343. The molecule has 1 aliphatic rings. The Bertz CT molecular complexity index is 644. The monoisotopic (exact) mass is 365 g/mol. The Kier molecular flexibility index (Phi) is 4.57. The number of nitrogens with zero attached hydrogens (tertiary/aromatic N) is 3. The van der Waals surface area contributed by atoms with Crippen molar-refractivity contribution in [3.05, 3.63) is 46.4 Å². The third kappa shape index (κ3) is 3.38. The van der Waals surface area contributed by atoms with Gasteiger partial charge in [-0.3, -0.25) is 0 Å². The summed E-state index contributed by atoms with van der Waals surface area (Å²) in [4.78, 5) is 10.8. The maximum absolute atomic E-state index is 13.7. The third-order valence-corrected chi connectivity index (χ3v) is 4.20. The van der Waals surface area contributed by atoms with Crippen LogP contribution in [0.15, 0.2) is 35.1 Å². The van der Waals surface area contributed by atoms with Gasteiger partial charge in [0, 0.05) is 35.9 Å². The highest BCUT2D eigenvalue weighted by Gasteiger charge is 2.29. The van der Waals surface area contributed by atoms with Crippen molar-refractivity contribution in [2.24, 2.45) is 5.92 Å². The van der Waals surface area contributed by atoms with Crippen molar-refractivity contribution in [2.75, 3.05) is 24.6 Å². The molecular weight excluding hydrogens is 349 g/mol. The Morgan fingerprint density at radius 3 is 2.68 bits per heavy atom. The number of benzene rings is 1. The minimum Gasteiger partial charge on any atom is -0.490 e. The molecule has 1 aliphatic heterocycles. The van der Waals surface area contributed by atoms with E-state index in [4.69, 9.17) is 4.74 Å². The molecule has 2 aromatic rings. The molecule has 0 unspecified atom stereocenters. The van der Waals surface area contributed by atoms with Crippen LogP contribution in [0.25, 0.3) is 0 Å². The van der Waals surface area contributed by atoms with Gasteiger partial charge in [-0.1, -0.05) is 22.9 Å². The fourth-order valence-corrected chi connectivity index (χ4v) is 2.67. The van der Waals surface area contributed by atoms with Crippen molar-refractivity contribution >= 4 is 21.9 Å². The standard InChI is InChI=1S/C16H17BrFN3O/c1-2-11-6-19-16(20-7-11)21-8-12(9-21)10-22-15-4-3-13(17)5-14(15)18/h3-7,12H,2,8-10H2,1H3. The zero-order valence-electron chi connectivity index (χ0n) is 12.3. The summed E-state index contributed by atoms with van der Waals surface area (Å²) in [7, 11) is 0. The highest BCUT2D eigenvalue weighted by Crippen LogP contribution is 2.25. The van der Waals surface area contributed by atoms with E-state index in [9.17, 15) is 4.39 Å². The summed E-state index contributed by atoms with van der Waals surface area (Å²) in [5.74, 6) is 1.08. The van der Waals surface area contributed by atoms with Crippen LogP contribution in [0.2, 0.25) is 0 Å². The molecule has 1 saturated heterocycles. The molecule has 0 radical (unpaired) electrons. The lowest BCUT2D eigenvalue weighted by Crippen LogP contribution is -2.50. The van der Waals surface area contributed by atoms with E-state index < -0.39 is 0 Å². The van der Waals surface area contributed by atoms with Gasteiger partial charge in [-0.2, -0.15) is 0 Å². The smallest absolute Gasteiger partial charge is 0.225 e. The van der Waals surface area contributed by atoms with Crippen LogP contribution in [0.3, 0.4) is 0 Å². The Hall–Kier alpha value is -1.69. The number of hydrogen-bond donors (Lipinski definition) is 0. The second-order valence-electron chi connectivity index (χ2n) is 5.40. The molecule has 0 bridgehead atoms. The van der Waals surface area contributed by atoms with Crippen LogP contribution >= 0.6 is 15.9 Å². The molecule has 1 fully saturated rings. The van der Waals surface area contributed by atoms with Gasteiger partial charge in [0.25, 0.3) is 0 Å². The predicted molar refractivity (Wildman–Crippen MR) is 86.7 cm³/mol. The molecule has 116 valence electrons. The Balaban J connectivity index is 1.49. The van der Waals surface area contributed by atoms with Gasteiger partial charge in [-0.25, -0.2) is 14.4 Å². The Morgan fingerprint density at radius 1 is 1.32 bits per heavy atom. The van der Waals surface area contributed by atoms with Gasteiger partial charge in [-0.15, -0.1) is 0 Å². The van der Waals surface area contributed by atoms with Gasteiger partial charge < -0.3 is 9.64 Å². The maximum Gasteiger partial charge on any atom is 0.225 e. The summed E-state index contributed by atoms with van der Waals surface area (Å²) in [6, 6.07) is 4.82. The number of aryl methyl sites for hydroxylation is 1. The lowest BCUT2D eigenvalue weighted by atomic mass is 10.0. The van der Waals surface area contributed by atoms with Crippen molar-refractivity contribution in [1.82, 2.24) is 9.97 Å². The quantitative estimate of drug-likeness (QED) is 0.813.